The summed E-state index contributed by atoms with van der Waals surface area (Å²) in [5.41, 5.74) is -0.0497. The van der Waals surface area contributed by atoms with Gasteiger partial charge in [0.2, 0.25) is 0 Å². The van der Waals surface area contributed by atoms with E-state index in [0.717, 1.165) is 0 Å². The van der Waals surface area contributed by atoms with Crippen molar-refractivity contribution in [3.63, 3.8) is 0 Å². The highest BCUT2D eigenvalue weighted by Crippen LogP contribution is 2.30. The molecule has 0 unspecified atom stereocenters. The minimum Gasteiger partial charge on any atom is -0.481 e. The van der Waals surface area contributed by atoms with Crippen molar-refractivity contribution in [1.29, 1.82) is 0 Å². The molecule has 0 radical (unpaired) electrons. The smallest absolute Gasteiger partial charge is 0.311 e. The quantitative estimate of drug-likeness (QED) is 0.631. The summed E-state index contributed by atoms with van der Waals surface area (Å²) >= 11 is 5.75. The Morgan fingerprint density at radius 2 is 2.27 bits per heavy atom. The van der Waals surface area contributed by atoms with Crippen LogP contribution in [0.3, 0.4) is 0 Å². The van der Waals surface area contributed by atoms with Gasteiger partial charge in [0.05, 0.1) is 4.92 Å². The molecule has 0 amide bonds. The van der Waals surface area contributed by atoms with E-state index < -0.39 is 4.92 Å². The summed E-state index contributed by atoms with van der Waals surface area (Å²) in [4.78, 5) is 10.2. The molecule has 6 heteroatoms. The molecule has 1 N–H and O–H groups in total. The van der Waals surface area contributed by atoms with Crippen molar-refractivity contribution >= 4 is 17.3 Å². The van der Waals surface area contributed by atoms with Gasteiger partial charge in [-0.25, -0.2) is 0 Å². The van der Waals surface area contributed by atoms with Gasteiger partial charge in [-0.15, -0.1) is 0 Å². The van der Waals surface area contributed by atoms with Crippen LogP contribution in [0.25, 0.3) is 0 Å². The Balaban J connectivity index is 2.24. The summed E-state index contributed by atoms with van der Waals surface area (Å²) in [6, 6.07) is 4.30. The molecular weight excluding hydrogens is 220 g/mol. The Morgan fingerprint density at radius 1 is 1.53 bits per heavy atom. The second-order valence-electron chi connectivity index (χ2n) is 3.27. The summed E-state index contributed by atoms with van der Waals surface area (Å²) < 4.78 is 5.43. The Kier molecular flexibility index (Phi) is 2.75. The SMILES string of the molecule is O=[N+]([O-])c1ccc(Cl)cc1OC1CNC1. The lowest BCUT2D eigenvalue weighted by Gasteiger charge is -2.27. The third kappa shape index (κ3) is 2.19. The van der Waals surface area contributed by atoms with E-state index in [4.69, 9.17) is 16.3 Å². The van der Waals surface area contributed by atoms with E-state index in [9.17, 15) is 10.1 Å². The maximum Gasteiger partial charge on any atom is 0.311 e. The zero-order chi connectivity index (χ0) is 10.8. The molecule has 1 heterocycles. The van der Waals surface area contributed by atoms with E-state index >= 15 is 0 Å². The summed E-state index contributed by atoms with van der Waals surface area (Å²) in [6.07, 6.45) is 0.00201. The van der Waals surface area contributed by atoms with Crippen LogP contribution in [0.1, 0.15) is 0 Å². The summed E-state index contributed by atoms with van der Waals surface area (Å²) in [7, 11) is 0. The first kappa shape index (κ1) is 10.2. The Hall–Kier alpha value is -1.33. The number of nitro groups is 1. The van der Waals surface area contributed by atoms with Gasteiger partial charge in [0.15, 0.2) is 5.75 Å². The number of nitro benzene ring substituents is 1. The third-order valence-electron chi connectivity index (χ3n) is 2.16. The monoisotopic (exact) mass is 228 g/mol. The number of nitrogens with zero attached hydrogens (tertiary/aromatic N) is 1. The topological polar surface area (TPSA) is 64.4 Å². The highest BCUT2D eigenvalue weighted by Gasteiger charge is 2.23. The normalized spacial score (nSPS) is 15.8. The molecule has 2 rings (SSSR count). The number of benzene rings is 1. The Morgan fingerprint density at radius 3 is 2.80 bits per heavy atom. The molecular formula is C9H9ClN2O3. The molecule has 0 atom stereocenters. The minimum atomic E-state index is -0.474. The van der Waals surface area contributed by atoms with Crippen molar-refractivity contribution in [3.8, 4) is 5.75 Å². The van der Waals surface area contributed by atoms with Crippen molar-refractivity contribution in [1.82, 2.24) is 5.32 Å². The summed E-state index contributed by atoms with van der Waals surface area (Å²) in [5.74, 6) is 0.235. The predicted octanol–water partition coefficient (Wildman–Crippen LogP) is 1.60. The van der Waals surface area contributed by atoms with Gasteiger partial charge in [-0.3, -0.25) is 10.1 Å². The van der Waals surface area contributed by atoms with Crippen LogP contribution >= 0.6 is 11.6 Å². The first-order valence-electron chi connectivity index (χ1n) is 4.48. The molecule has 0 spiro atoms. The summed E-state index contributed by atoms with van der Waals surface area (Å²) in [5, 5.41) is 14.1. The van der Waals surface area contributed by atoms with Crippen LogP contribution in [0.5, 0.6) is 5.75 Å². The van der Waals surface area contributed by atoms with Crippen LogP contribution in [0.4, 0.5) is 5.69 Å². The number of hydrogen-bond acceptors (Lipinski definition) is 4. The first-order valence-corrected chi connectivity index (χ1v) is 4.86. The standard InChI is InChI=1S/C9H9ClN2O3/c10-6-1-2-8(12(13)14)9(3-6)15-7-4-11-5-7/h1-3,7,11H,4-5H2. The number of ether oxygens (including phenoxy) is 1. The van der Waals surface area contributed by atoms with Crippen LogP contribution in [-0.2, 0) is 0 Å². The highest BCUT2D eigenvalue weighted by atomic mass is 35.5. The molecule has 0 aromatic heterocycles. The van der Waals surface area contributed by atoms with Gasteiger partial charge in [0.25, 0.3) is 0 Å². The molecule has 0 bridgehead atoms. The van der Waals surface area contributed by atoms with Gasteiger partial charge in [-0.05, 0) is 6.07 Å². The maximum absolute atomic E-state index is 10.7. The molecule has 1 fully saturated rings. The highest BCUT2D eigenvalue weighted by molar-refractivity contribution is 6.30. The largest absolute Gasteiger partial charge is 0.481 e. The average molecular weight is 229 g/mol. The van der Waals surface area contributed by atoms with Crippen LogP contribution in [-0.4, -0.2) is 24.1 Å². The molecule has 80 valence electrons. The number of nitrogens with one attached hydrogen (secondary N) is 1. The number of halogens is 1. The maximum atomic E-state index is 10.7. The van der Waals surface area contributed by atoms with E-state index in [2.05, 4.69) is 5.32 Å². The average Bonchev–Trinajstić information content (AvgIpc) is 2.11. The van der Waals surface area contributed by atoms with Gasteiger partial charge in [-0.1, -0.05) is 11.6 Å². The van der Waals surface area contributed by atoms with E-state index in [1.54, 1.807) is 0 Å². The molecule has 1 aliphatic rings. The molecule has 1 aliphatic heterocycles. The molecule has 0 aliphatic carbocycles. The molecule has 1 aromatic rings. The summed E-state index contributed by atoms with van der Waals surface area (Å²) in [6.45, 7) is 1.42. The second kappa shape index (κ2) is 4.04. The van der Waals surface area contributed by atoms with Crippen molar-refractivity contribution in [2.75, 3.05) is 13.1 Å². The molecule has 5 nitrogen and oxygen atoms in total. The van der Waals surface area contributed by atoms with Crippen molar-refractivity contribution in [2.45, 2.75) is 6.10 Å². The first-order chi connectivity index (χ1) is 7.16. The molecule has 1 aromatic carbocycles. The van der Waals surface area contributed by atoms with Gasteiger partial charge in [0.1, 0.15) is 6.10 Å². The van der Waals surface area contributed by atoms with Crippen molar-refractivity contribution in [2.24, 2.45) is 0 Å². The molecule has 0 saturated carbocycles. The van der Waals surface area contributed by atoms with Crippen LogP contribution < -0.4 is 10.1 Å². The lowest BCUT2D eigenvalue weighted by molar-refractivity contribution is -0.386. The number of rotatable bonds is 3. The zero-order valence-corrected chi connectivity index (χ0v) is 8.53. The van der Waals surface area contributed by atoms with Gasteiger partial charge in [-0.2, -0.15) is 0 Å². The minimum absolute atomic E-state index is 0.00201. The zero-order valence-electron chi connectivity index (χ0n) is 7.77. The fourth-order valence-electron chi connectivity index (χ4n) is 1.26. The van der Waals surface area contributed by atoms with Crippen LogP contribution in [0.15, 0.2) is 18.2 Å². The number of hydrogen-bond donors (Lipinski definition) is 1. The van der Waals surface area contributed by atoms with Crippen molar-refractivity contribution < 1.29 is 9.66 Å². The van der Waals surface area contributed by atoms with Gasteiger partial charge < -0.3 is 10.1 Å². The molecule has 15 heavy (non-hydrogen) atoms. The second-order valence-corrected chi connectivity index (χ2v) is 3.70. The van der Waals surface area contributed by atoms with E-state index in [1.165, 1.54) is 18.2 Å². The Labute approximate surface area is 91.1 Å². The van der Waals surface area contributed by atoms with Crippen molar-refractivity contribution in [3.05, 3.63) is 33.3 Å². The van der Waals surface area contributed by atoms with Crippen LogP contribution in [0, 0.1) is 10.1 Å². The van der Waals surface area contributed by atoms with E-state index in [-0.39, 0.29) is 17.5 Å². The predicted molar refractivity (Wildman–Crippen MR) is 55.4 cm³/mol. The van der Waals surface area contributed by atoms with Gasteiger partial charge >= 0.3 is 5.69 Å². The lowest BCUT2D eigenvalue weighted by Crippen LogP contribution is -2.50. The third-order valence-corrected chi connectivity index (χ3v) is 2.39. The lowest BCUT2D eigenvalue weighted by atomic mass is 10.2. The van der Waals surface area contributed by atoms with E-state index in [0.29, 0.717) is 18.1 Å². The molecule has 1 saturated heterocycles. The van der Waals surface area contributed by atoms with Gasteiger partial charge in [0, 0.05) is 30.2 Å². The fraction of sp³-hybridized carbons (Fsp3) is 0.333. The van der Waals surface area contributed by atoms with Crippen LogP contribution in [0.2, 0.25) is 5.02 Å². The fourth-order valence-corrected chi connectivity index (χ4v) is 1.42. The Bertz CT molecular complexity index is 393. The van der Waals surface area contributed by atoms with E-state index in [1.807, 2.05) is 0 Å².